The van der Waals surface area contributed by atoms with Crippen LogP contribution in [0, 0.1) is 6.92 Å². The van der Waals surface area contributed by atoms with E-state index in [4.69, 9.17) is 107 Å². The second-order valence-corrected chi connectivity index (χ2v) is 40.0. The Labute approximate surface area is 802 Å². The summed E-state index contributed by atoms with van der Waals surface area (Å²) in [6.45, 7) is -5.49. The Kier molecular flexibility index (Phi) is 29.2. The number of nitrogens with zero attached hydrogens (tertiary/aromatic N) is 16. The van der Waals surface area contributed by atoms with E-state index in [9.17, 15) is 86.0 Å². The number of hydrogen-bond donors (Lipinski definition) is 17. The van der Waals surface area contributed by atoms with E-state index in [1.54, 1.807) is 18.2 Å². The van der Waals surface area contributed by atoms with E-state index in [1.807, 2.05) is 60.7 Å². The first-order chi connectivity index (χ1) is 68.6. The number of hydrogen-bond acceptors (Lipinski definition) is 45. The number of nitrogen functional groups attached to an aromatic ring is 5. The maximum atomic E-state index is 14.8. The lowest BCUT2D eigenvalue weighted by atomic mass is 10.2. The number of imidazole rings is 5. The standard InChI is InChI=1S/C77H88N27O35P5/c1-36-19-101(77(112)98-66(36)106)52-15-44(48(131-52)27-123-22-39-12-13-42(124-23-37-8-4-2-5-9-37)43(14-39)125-24-38-10-6-3-7-11-38)136-142(117,118)128-29-50-46(17-54(133-50)103-34-86-59-64(103)91-75(81)96-70(59)110)138-144(121,122)130-30-51-47(18-55(134-51)104-35-87-60-65(104)92-76(82)97-71(60)111)139-143(119,120)129-28-49-45(16-53(132-49)102-33-85-58-63(102)90-74(80)95-69(58)109)137-141(115,116)127-26-41(21-100-32-84-57-62(100)89-73(79)94-68(57)108)135-140(113,114)126-25-40(105)20-99-31-83-56-61(99)88-72(78)93-67(56)107/h2-14,19,31-35,40-41,44-55,105H,15-18,20-30H2,1H3,(H,113,114)(H,115,116)(H,117,118)(H,119,120)(H,121,122)(H,98,106,112)(H3,78,88,93,107)(H3,79,89,94,108)(H3,80,90,95,109)(H3,81,91,96,110)(H3,82,92,97,111)/t40-,41-,44+,45+,46+,47+,48-,49-,50-,51-,52-,53-,54-,55-/m1/s1. The molecule has 4 aliphatic rings. The highest BCUT2D eigenvalue weighted by molar-refractivity contribution is 7.48. The van der Waals surface area contributed by atoms with Crippen LogP contribution in [-0.4, -0.2) is 237 Å². The summed E-state index contributed by atoms with van der Waals surface area (Å²) in [5, 5.41) is 11.0. The van der Waals surface area contributed by atoms with Gasteiger partial charge in [-0.1, -0.05) is 66.7 Å². The van der Waals surface area contributed by atoms with Crippen molar-refractivity contribution in [2.24, 2.45) is 0 Å². The van der Waals surface area contributed by atoms with Crippen LogP contribution in [0.1, 0.15) is 72.8 Å². The molecule has 11 aromatic heterocycles. The lowest BCUT2D eigenvalue weighted by Gasteiger charge is -2.26. The quantitative estimate of drug-likeness (QED) is 0.0235. The van der Waals surface area contributed by atoms with Gasteiger partial charge in [-0.25, -0.2) is 52.5 Å². The number of aryl methyl sites for hydroxylation is 1. The normalized spacial score (nSPS) is 22.9. The monoisotopic (exact) mass is 2110 g/mol. The molecule has 0 saturated carbocycles. The number of fused-ring (bicyclic) bond motifs is 5. The third-order valence-corrected chi connectivity index (χ3v) is 27.8. The summed E-state index contributed by atoms with van der Waals surface area (Å²) in [6, 6.07) is 23.9. The molecule has 19 atom stereocenters. The SMILES string of the molecule is Cc1cn([C@H]2C[C@H](OP(=O)(O)OC[C@H]3O[C@@H](n4cnc5c(=O)[nH]c(N)nc54)C[C@@H]3OP(=O)(O)OC[C@H]3O[C@@H](n4cnc5c(=O)[nH]c(N)nc54)C[C@@H]3OP(=O)(O)OC[C@H]3O[C@@H](n4cnc5c(=O)[nH]c(N)nc54)C[C@@H]3OP(=O)(O)OC[C@@H](Cn3cnc4c(=O)[nH]c(N)nc43)OP(=O)(O)OC[C@H](O)Cn3cnc4c(=O)[nH]c(N)nc43)[C@@H](COCc3ccc(OCc4ccccc4)c(OCc4ccccc4)c3)O2)c(=O)[nH]c1=O. The highest BCUT2D eigenvalue weighted by Crippen LogP contribution is 2.56. The van der Waals surface area contributed by atoms with E-state index < -0.39 is 247 Å². The number of aromatic amines is 6. The number of aliphatic hydroxyl groups is 1. The Balaban J connectivity index is 0.572. The van der Waals surface area contributed by atoms with Crippen molar-refractivity contribution in [2.75, 3.05) is 68.3 Å². The molecule has 0 aliphatic carbocycles. The van der Waals surface area contributed by atoms with Crippen LogP contribution in [0.5, 0.6) is 11.5 Å². The minimum atomic E-state index is -5.73. The number of rotatable bonds is 43. The third-order valence-electron chi connectivity index (χ3n) is 22.7. The molecular weight excluding hydrogens is 2020 g/mol. The van der Waals surface area contributed by atoms with Gasteiger partial charge in [-0.3, -0.25) is 122 Å². The number of nitrogens with one attached hydrogen (secondary N) is 6. The molecule has 67 heteroatoms. The fraction of sp³-hybridized carbons (Fsp3) is 0.390. The van der Waals surface area contributed by atoms with Gasteiger partial charge in [-0.2, -0.15) is 24.9 Å². The largest absolute Gasteiger partial charge is 0.485 e. The van der Waals surface area contributed by atoms with Crippen LogP contribution in [-0.2, 0) is 125 Å². The van der Waals surface area contributed by atoms with Crippen molar-refractivity contribution in [1.82, 2.24) is 107 Å². The van der Waals surface area contributed by atoms with E-state index in [-0.39, 0.29) is 106 Å². The zero-order chi connectivity index (χ0) is 102. The number of nitrogens with two attached hydrogens (primary N) is 5. The minimum Gasteiger partial charge on any atom is -0.485 e. The summed E-state index contributed by atoms with van der Waals surface area (Å²) in [4.78, 5) is 204. The fourth-order valence-corrected chi connectivity index (χ4v) is 20.9. The molecule has 4 saturated heterocycles. The molecule has 4 aliphatic heterocycles. The molecule has 22 N–H and O–H groups in total. The predicted octanol–water partition coefficient (Wildman–Crippen LogP) is 0.819. The van der Waals surface area contributed by atoms with Gasteiger partial charge >= 0.3 is 44.8 Å². The highest BCUT2D eigenvalue weighted by atomic mass is 31.2. The number of phosphoric ester groups is 5. The predicted molar refractivity (Wildman–Crippen MR) is 490 cm³/mol. The van der Waals surface area contributed by atoms with Crippen molar-refractivity contribution < 1.29 is 131 Å². The summed E-state index contributed by atoms with van der Waals surface area (Å²) >= 11 is 0. The lowest BCUT2D eigenvalue weighted by Crippen LogP contribution is -2.33. The molecule has 18 rings (SSSR count). The van der Waals surface area contributed by atoms with Gasteiger partial charge in [0.05, 0.1) is 97.1 Å². The number of phosphoric acid groups is 5. The maximum absolute atomic E-state index is 14.8. The Morgan fingerprint density at radius 1 is 0.396 bits per heavy atom. The number of anilines is 5. The van der Waals surface area contributed by atoms with E-state index >= 15 is 0 Å². The molecule has 5 unspecified atom stereocenters. The lowest BCUT2D eigenvalue weighted by molar-refractivity contribution is -0.0711. The van der Waals surface area contributed by atoms with E-state index in [0.717, 1.165) is 61.0 Å². The molecule has 14 aromatic rings. The Morgan fingerprint density at radius 2 is 0.750 bits per heavy atom. The Bertz CT molecular complexity index is 7850. The first kappa shape index (κ1) is 101. The van der Waals surface area contributed by atoms with Crippen molar-refractivity contribution in [3.63, 3.8) is 0 Å². The zero-order valence-corrected chi connectivity index (χ0v) is 78.9. The van der Waals surface area contributed by atoms with E-state index in [2.05, 4.69) is 79.7 Å². The summed E-state index contributed by atoms with van der Waals surface area (Å²) in [5.41, 5.74) is 23.9. The van der Waals surface area contributed by atoms with Crippen molar-refractivity contribution in [3.05, 3.63) is 212 Å². The molecule has 0 spiro atoms. The van der Waals surface area contributed by atoms with Gasteiger partial charge in [-0.15, -0.1) is 0 Å². The average Bonchev–Trinajstić information content (AvgIpc) is 1.62. The molecule has 3 aromatic carbocycles. The van der Waals surface area contributed by atoms with Crippen molar-refractivity contribution in [3.8, 4) is 11.5 Å². The minimum absolute atomic E-state index is 0.0791. The summed E-state index contributed by atoms with van der Waals surface area (Å²) in [7, 11) is -28.1. The molecular formula is C77H88N27O35P5. The van der Waals surface area contributed by atoms with E-state index in [1.165, 1.54) is 22.3 Å². The molecule has 4 fully saturated rings. The van der Waals surface area contributed by atoms with Gasteiger partial charge in [0.2, 0.25) is 29.7 Å². The molecule has 144 heavy (non-hydrogen) atoms. The van der Waals surface area contributed by atoms with Gasteiger partial charge in [0.25, 0.3) is 33.4 Å². The number of benzene rings is 3. The van der Waals surface area contributed by atoms with Gasteiger partial charge in [0.15, 0.2) is 67.3 Å². The first-order valence-corrected chi connectivity index (χ1v) is 50.6. The van der Waals surface area contributed by atoms with Crippen LogP contribution in [0.2, 0.25) is 0 Å². The second-order valence-electron chi connectivity index (χ2n) is 32.9. The summed E-state index contributed by atoms with van der Waals surface area (Å²) in [5.74, 6) is -1.15. The smallest absolute Gasteiger partial charge is 0.472 e. The molecule has 0 bridgehead atoms. The third kappa shape index (κ3) is 23.5. The van der Waals surface area contributed by atoms with Gasteiger partial charge in [0, 0.05) is 37.4 Å². The zero-order valence-electron chi connectivity index (χ0n) is 74.5. The van der Waals surface area contributed by atoms with Crippen LogP contribution in [0.25, 0.3) is 55.8 Å². The van der Waals surface area contributed by atoms with Crippen LogP contribution < -0.4 is 77.2 Å². The average molecular weight is 2110 g/mol. The molecule has 0 amide bonds. The molecule has 0 radical (unpaired) electrons. The number of ether oxygens (including phenoxy) is 7. The summed E-state index contributed by atoms with van der Waals surface area (Å²) < 4.78 is 179. The fourth-order valence-electron chi connectivity index (χ4n) is 16.1. The van der Waals surface area contributed by atoms with Crippen LogP contribution >= 0.6 is 39.1 Å². The number of aromatic nitrogens is 22. The van der Waals surface area contributed by atoms with Crippen molar-refractivity contribution in [1.29, 1.82) is 0 Å². The van der Waals surface area contributed by atoms with Crippen LogP contribution in [0.3, 0.4) is 0 Å². The number of H-pyrrole nitrogens is 6. The van der Waals surface area contributed by atoms with Gasteiger partial charge in [-0.05, 0) is 35.7 Å². The second kappa shape index (κ2) is 41.6. The Hall–Kier alpha value is -13.0. The molecule has 15 heterocycles. The van der Waals surface area contributed by atoms with E-state index in [0.29, 0.717) is 17.1 Å². The number of aliphatic hydroxyl groups excluding tert-OH is 1. The van der Waals surface area contributed by atoms with Gasteiger partial charge in [0.1, 0.15) is 93.1 Å². The first-order valence-electron chi connectivity index (χ1n) is 43.2. The van der Waals surface area contributed by atoms with Crippen molar-refractivity contribution >= 4 is 125 Å². The van der Waals surface area contributed by atoms with Crippen molar-refractivity contribution in [2.45, 2.75) is 151 Å². The molecule has 62 nitrogen and oxygen atoms in total. The van der Waals surface area contributed by atoms with Crippen LogP contribution in [0.4, 0.5) is 29.7 Å². The highest BCUT2D eigenvalue weighted by Gasteiger charge is 2.51. The Morgan fingerprint density at radius 3 is 1.17 bits per heavy atom. The van der Waals surface area contributed by atoms with Gasteiger partial charge < -0.3 is 101 Å². The summed E-state index contributed by atoms with van der Waals surface area (Å²) in [6.07, 6.45) is -18.4. The topological polar surface area (TPSA) is 866 Å². The van der Waals surface area contributed by atoms with Crippen LogP contribution in [0.15, 0.2) is 150 Å². The molecule has 766 valence electrons. The maximum Gasteiger partial charge on any atom is 0.472 e.